The van der Waals surface area contributed by atoms with Crippen LogP contribution in [0, 0.1) is 0 Å². The molecule has 1 N–H and O–H groups in total. The molecule has 0 saturated carbocycles. The number of carbonyl (C=O) groups is 1. The predicted octanol–water partition coefficient (Wildman–Crippen LogP) is 4.66. The maximum absolute atomic E-state index is 13.5. The lowest BCUT2D eigenvalue weighted by atomic mass is 10.0. The number of sulfonamides is 1. The van der Waals surface area contributed by atoms with Crippen LogP contribution in [0.4, 0.5) is 5.69 Å². The Hall–Kier alpha value is -3.03. The molecule has 0 radical (unpaired) electrons. The second kappa shape index (κ2) is 8.96. The summed E-state index contributed by atoms with van der Waals surface area (Å²) < 4.78 is 34.1. The molecule has 0 aromatic heterocycles. The van der Waals surface area contributed by atoms with Gasteiger partial charge in [-0.25, -0.2) is 8.42 Å². The molecule has 0 bridgehead atoms. The number of rotatable bonds is 5. The first-order valence-electron chi connectivity index (χ1n) is 11.3. The van der Waals surface area contributed by atoms with Crippen molar-refractivity contribution in [1.29, 1.82) is 0 Å². The van der Waals surface area contributed by atoms with E-state index in [1.807, 2.05) is 13.0 Å². The highest BCUT2D eigenvalue weighted by Gasteiger charge is 2.38. The van der Waals surface area contributed by atoms with Gasteiger partial charge in [-0.15, -0.1) is 0 Å². The van der Waals surface area contributed by atoms with Crippen LogP contribution in [-0.4, -0.2) is 27.0 Å². The normalized spacial score (nSPS) is 17.9. The summed E-state index contributed by atoms with van der Waals surface area (Å²) in [6, 6.07) is 19.0. The molecule has 176 valence electrons. The van der Waals surface area contributed by atoms with Gasteiger partial charge in [0.05, 0.1) is 23.2 Å². The number of benzene rings is 3. The van der Waals surface area contributed by atoms with E-state index in [0.29, 0.717) is 16.5 Å². The molecule has 2 aliphatic rings. The van der Waals surface area contributed by atoms with Gasteiger partial charge in [-0.2, -0.15) is 0 Å². The van der Waals surface area contributed by atoms with Gasteiger partial charge >= 0.3 is 0 Å². The minimum absolute atomic E-state index is 0.133. The van der Waals surface area contributed by atoms with Gasteiger partial charge in [0, 0.05) is 5.02 Å². The van der Waals surface area contributed by atoms with Crippen molar-refractivity contribution in [3.8, 4) is 5.75 Å². The lowest BCUT2D eigenvalue weighted by molar-refractivity contribution is -0.128. The van der Waals surface area contributed by atoms with Crippen molar-refractivity contribution in [2.45, 2.75) is 43.2 Å². The number of ether oxygens (including phenoxy) is 1. The molecule has 3 aromatic carbocycles. The zero-order valence-corrected chi connectivity index (χ0v) is 20.3. The van der Waals surface area contributed by atoms with Crippen LogP contribution in [0.2, 0.25) is 5.02 Å². The molecule has 34 heavy (non-hydrogen) atoms. The lowest BCUT2D eigenvalue weighted by Gasteiger charge is -2.35. The van der Waals surface area contributed by atoms with E-state index in [2.05, 4.69) is 17.4 Å². The summed E-state index contributed by atoms with van der Waals surface area (Å²) >= 11 is 6.16. The van der Waals surface area contributed by atoms with Crippen molar-refractivity contribution in [1.82, 2.24) is 5.32 Å². The van der Waals surface area contributed by atoms with Crippen LogP contribution in [0.1, 0.15) is 36.1 Å². The first kappa shape index (κ1) is 22.7. The summed E-state index contributed by atoms with van der Waals surface area (Å²) in [5.41, 5.74) is 4.03. The van der Waals surface area contributed by atoms with E-state index < -0.39 is 16.1 Å². The van der Waals surface area contributed by atoms with E-state index in [-0.39, 0.29) is 23.4 Å². The SMILES string of the molecule is CC(NC(=O)C1CN(S(=O)(=O)c2ccccc2)c2cc(Cl)ccc2O1)c1ccc2c(c1)CCC2. The molecule has 2 unspecified atom stereocenters. The smallest absolute Gasteiger partial charge is 0.264 e. The number of hydrogen-bond donors (Lipinski definition) is 1. The Morgan fingerprint density at radius 2 is 1.82 bits per heavy atom. The second-order valence-electron chi connectivity index (χ2n) is 8.68. The van der Waals surface area contributed by atoms with Crippen molar-refractivity contribution in [2.24, 2.45) is 0 Å². The Labute approximate surface area is 204 Å². The van der Waals surface area contributed by atoms with Crippen LogP contribution in [0.15, 0.2) is 71.6 Å². The number of amides is 1. The van der Waals surface area contributed by atoms with E-state index in [4.69, 9.17) is 16.3 Å². The lowest BCUT2D eigenvalue weighted by Crippen LogP contribution is -2.51. The van der Waals surface area contributed by atoms with Crippen LogP contribution < -0.4 is 14.4 Å². The van der Waals surface area contributed by atoms with Crippen LogP contribution in [0.25, 0.3) is 0 Å². The fourth-order valence-corrected chi connectivity index (χ4v) is 6.21. The van der Waals surface area contributed by atoms with Crippen molar-refractivity contribution >= 4 is 33.2 Å². The summed E-state index contributed by atoms with van der Waals surface area (Å²) in [5, 5.41) is 3.38. The van der Waals surface area contributed by atoms with Crippen molar-refractivity contribution in [3.63, 3.8) is 0 Å². The molecular formula is C26H25ClN2O4S. The van der Waals surface area contributed by atoms with Crippen molar-refractivity contribution < 1.29 is 17.9 Å². The molecule has 2 atom stereocenters. The van der Waals surface area contributed by atoms with Gasteiger partial charge in [-0.05, 0) is 73.2 Å². The molecule has 1 aliphatic carbocycles. The van der Waals surface area contributed by atoms with E-state index in [0.717, 1.165) is 24.8 Å². The van der Waals surface area contributed by atoms with Gasteiger partial charge in [0.1, 0.15) is 5.75 Å². The molecule has 1 aliphatic heterocycles. The number of hydrogen-bond acceptors (Lipinski definition) is 4. The molecule has 1 amide bonds. The molecule has 3 aromatic rings. The van der Waals surface area contributed by atoms with Crippen LogP contribution in [0.5, 0.6) is 5.75 Å². The number of carbonyl (C=O) groups excluding carboxylic acids is 1. The quantitative estimate of drug-likeness (QED) is 0.557. The zero-order chi connectivity index (χ0) is 23.9. The Kier molecular flexibility index (Phi) is 6.00. The Morgan fingerprint density at radius 3 is 2.62 bits per heavy atom. The predicted molar refractivity (Wildman–Crippen MR) is 132 cm³/mol. The number of anilines is 1. The van der Waals surface area contributed by atoms with Crippen LogP contribution in [-0.2, 0) is 27.7 Å². The number of halogens is 1. The van der Waals surface area contributed by atoms with Crippen molar-refractivity contribution in [2.75, 3.05) is 10.8 Å². The second-order valence-corrected chi connectivity index (χ2v) is 11.0. The summed E-state index contributed by atoms with van der Waals surface area (Å²) in [7, 11) is -3.93. The molecule has 8 heteroatoms. The minimum atomic E-state index is -3.93. The third-order valence-corrected chi connectivity index (χ3v) is 8.42. The van der Waals surface area contributed by atoms with E-state index in [1.165, 1.54) is 27.6 Å². The van der Waals surface area contributed by atoms with E-state index in [1.54, 1.807) is 36.4 Å². The summed E-state index contributed by atoms with van der Waals surface area (Å²) in [4.78, 5) is 13.4. The maximum Gasteiger partial charge on any atom is 0.264 e. The fraction of sp³-hybridized carbons (Fsp3) is 0.269. The fourth-order valence-electron chi connectivity index (χ4n) is 4.56. The molecule has 5 rings (SSSR count). The molecule has 0 fully saturated rings. The van der Waals surface area contributed by atoms with Crippen molar-refractivity contribution in [3.05, 3.63) is 88.4 Å². The number of nitrogens with zero attached hydrogens (tertiary/aromatic N) is 1. The van der Waals surface area contributed by atoms with Gasteiger partial charge in [0.2, 0.25) is 0 Å². The minimum Gasteiger partial charge on any atom is -0.476 e. The van der Waals surface area contributed by atoms with E-state index in [9.17, 15) is 13.2 Å². The molecule has 6 nitrogen and oxygen atoms in total. The topological polar surface area (TPSA) is 75.7 Å². The van der Waals surface area contributed by atoms with Crippen LogP contribution in [0.3, 0.4) is 0 Å². The highest BCUT2D eigenvalue weighted by Crippen LogP contribution is 2.39. The highest BCUT2D eigenvalue weighted by molar-refractivity contribution is 7.92. The summed E-state index contributed by atoms with van der Waals surface area (Å²) in [6.07, 6.45) is 2.30. The summed E-state index contributed by atoms with van der Waals surface area (Å²) in [6.45, 7) is 1.76. The first-order chi connectivity index (χ1) is 16.3. The highest BCUT2D eigenvalue weighted by atomic mass is 35.5. The molecule has 0 saturated heterocycles. The molecule has 1 heterocycles. The third-order valence-electron chi connectivity index (χ3n) is 6.40. The average molecular weight is 497 g/mol. The third kappa shape index (κ3) is 4.26. The zero-order valence-electron chi connectivity index (χ0n) is 18.7. The number of aryl methyl sites for hydroxylation is 2. The standard InChI is InChI=1S/C26H25ClN2O4S/c1-17(19-11-10-18-6-5-7-20(18)14-19)28-26(30)25-16-29(23-15-21(27)12-13-24(23)33-25)34(31,32)22-8-3-2-4-9-22/h2-4,8-15,17,25H,5-7,16H2,1H3,(H,28,30). The van der Waals surface area contributed by atoms with Crippen LogP contribution >= 0.6 is 11.6 Å². The Bertz CT molecular complexity index is 1340. The van der Waals surface area contributed by atoms with Gasteiger partial charge in [0.25, 0.3) is 15.9 Å². The van der Waals surface area contributed by atoms with Gasteiger partial charge < -0.3 is 10.1 Å². The van der Waals surface area contributed by atoms with Gasteiger partial charge in [0.15, 0.2) is 6.10 Å². The molecular weight excluding hydrogens is 472 g/mol. The summed E-state index contributed by atoms with van der Waals surface area (Å²) in [5.74, 6) is -0.0812. The maximum atomic E-state index is 13.5. The molecule has 0 spiro atoms. The Morgan fingerprint density at radius 1 is 1.06 bits per heavy atom. The largest absolute Gasteiger partial charge is 0.476 e. The Balaban J connectivity index is 1.41. The van der Waals surface area contributed by atoms with E-state index >= 15 is 0 Å². The average Bonchev–Trinajstić information content (AvgIpc) is 3.31. The monoisotopic (exact) mass is 496 g/mol. The van der Waals surface area contributed by atoms with Gasteiger partial charge in [-0.3, -0.25) is 9.10 Å². The number of nitrogens with one attached hydrogen (secondary N) is 1. The number of fused-ring (bicyclic) bond motifs is 2. The van der Waals surface area contributed by atoms with Gasteiger partial charge in [-0.1, -0.05) is 48.0 Å². The first-order valence-corrected chi connectivity index (χ1v) is 13.1.